The smallest absolute Gasteiger partial charge is 0.295 e. The quantitative estimate of drug-likeness (QED) is 0.464. The van der Waals surface area contributed by atoms with Crippen LogP contribution in [0.25, 0.3) is 17.0 Å². The number of H-pyrrole nitrogens is 1. The lowest BCUT2D eigenvalue weighted by Gasteiger charge is -2.35. The number of piperazine rings is 1. The number of anilines is 1. The first-order valence-corrected chi connectivity index (χ1v) is 12.6. The molecule has 0 radical (unpaired) electrons. The van der Waals surface area contributed by atoms with Gasteiger partial charge in [-0.3, -0.25) is 4.79 Å². The monoisotopic (exact) mass is 498 g/mol. The molecular weight excluding hydrogens is 476 g/mol. The zero-order valence-corrected chi connectivity index (χ0v) is 20.3. The number of rotatable bonds is 4. The van der Waals surface area contributed by atoms with Crippen LogP contribution in [0, 0.1) is 13.8 Å². The van der Waals surface area contributed by atoms with Crippen LogP contribution in [0.5, 0.6) is 0 Å². The average Bonchev–Trinajstić information content (AvgIpc) is 3.24. The lowest BCUT2D eigenvalue weighted by molar-refractivity contribution is 0.384. The Morgan fingerprint density at radius 2 is 1.76 bits per heavy atom. The molecule has 1 saturated heterocycles. The second-order valence-corrected chi connectivity index (χ2v) is 10.6. The van der Waals surface area contributed by atoms with Gasteiger partial charge in [0.1, 0.15) is 5.02 Å². The number of aromatic amines is 1. The van der Waals surface area contributed by atoms with Gasteiger partial charge in [0.05, 0.1) is 27.8 Å². The fourth-order valence-corrected chi connectivity index (χ4v) is 6.11. The summed E-state index contributed by atoms with van der Waals surface area (Å²) in [7, 11) is -3.61. The fourth-order valence-electron chi connectivity index (χ4n) is 4.23. The van der Waals surface area contributed by atoms with Crippen LogP contribution in [-0.4, -0.2) is 58.7 Å². The molecule has 4 aromatic rings. The number of benzene rings is 2. The Labute approximate surface area is 201 Å². The van der Waals surface area contributed by atoms with Gasteiger partial charge < -0.3 is 9.88 Å². The van der Waals surface area contributed by atoms with Gasteiger partial charge >= 0.3 is 0 Å². The summed E-state index contributed by atoms with van der Waals surface area (Å²) >= 11 is 6.45. The highest BCUT2D eigenvalue weighted by Gasteiger charge is 2.31. The van der Waals surface area contributed by atoms with E-state index in [0.717, 1.165) is 21.3 Å². The number of aryl methyl sites for hydroxylation is 2. The minimum atomic E-state index is -3.61. The summed E-state index contributed by atoms with van der Waals surface area (Å²) in [6.07, 6.45) is 1.52. The first-order chi connectivity index (χ1) is 16.3. The Kier molecular flexibility index (Phi) is 5.67. The molecule has 176 valence electrons. The van der Waals surface area contributed by atoms with Gasteiger partial charge in [0.2, 0.25) is 16.0 Å². The van der Waals surface area contributed by atoms with Gasteiger partial charge in [-0.2, -0.15) is 14.1 Å². The third-order valence-electron chi connectivity index (χ3n) is 6.01. The number of halogens is 1. The van der Waals surface area contributed by atoms with Crippen molar-refractivity contribution in [3.8, 4) is 5.95 Å². The van der Waals surface area contributed by atoms with E-state index in [2.05, 4.69) is 15.1 Å². The third kappa shape index (κ3) is 3.87. The number of fused-ring (bicyclic) bond motifs is 1. The number of para-hydroxylation sites is 2. The molecule has 2 aromatic heterocycles. The summed E-state index contributed by atoms with van der Waals surface area (Å²) < 4.78 is 28.9. The molecule has 0 bridgehead atoms. The van der Waals surface area contributed by atoms with Crippen LogP contribution in [0.15, 0.2) is 58.4 Å². The van der Waals surface area contributed by atoms with Crippen LogP contribution < -0.4 is 10.5 Å². The van der Waals surface area contributed by atoms with E-state index in [-0.39, 0.29) is 24.1 Å². The predicted octanol–water partition coefficient (Wildman–Crippen LogP) is 2.89. The summed E-state index contributed by atoms with van der Waals surface area (Å²) in [5, 5.41) is 4.28. The number of sulfonamides is 1. The van der Waals surface area contributed by atoms with Crippen LogP contribution >= 0.6 is 11.6 Å². The summed E-state index contributed by atoms with van der Waals surface area (Å²) in [5.74, 6) is 0.282. The van der Waals surface area contributed by atoms with Gasteiger partial charge in [-0.05, 0) is 37.6 Å². The SMILES string of the molecule is Cc1ccc(S(=O)(=O)N2CCN(c3cnn(-c4nc5ccccc5[nH]4)c(=O)c3Cl)CC2)c(C)c1. The van der Waals surface area contributed by atoms with E-state index in [1.165, 1.54) is 10.5 Å². The highest BCUT2D eigenvalue weighted by Crippen LogP contribution is 2.26. The van der Waals surface area contributed by atoms with Crippen molar-refractivity contribution in [2.45, 2.75) is 18.7 Å². The molecule has 34 heavy (non-hydrogen) atoms. The first kappa shape index (κ1) is 22.6. The summed E-state index contributed by atoms with van der Waals surface area (Å²) in [5.41, 5.74) is 3.22. The molecule has 2 aromatic carbocycles. The van der Waals surface area contributed by atoms with Crippen LogP contribution in [0.2, 0.25) is 5.02 Å². The number of hydrogen-bond donors (Lipinski definition) is 1. The van der Waals surface area contributed by atoms with Gasteiger partial charge in [-0.25, -0.2) is 13.4 Å². The first-order valence-electron chi connectivity index (χ1n) is 10.8. The number of nitrogens with one attached hydrogen (secondary N) is 1. The van der Waals surface area contributed by atoms with E-state index in [1.54, 1.807) is 19.1 Å². The van der Waals surface area contributed by atoms with Crippen LogP contribution in [-0.2, 0) is 10.0 Å². The second kappa shape index (κ2) is 8.53. The lowest BCUT2D eigenvalue weighted by Crippen LogP contribution is -2.49. The van der Waals surface area contributed by atoms with Gasteiger partial charge in [0, 0.05) is 26.2 Å². The highest BCUT2D eigenvalue weighted by molar-refractivity contribution is 7.89. The van der Waals surface area contributed by atoms with E-state index in [0.29, 0.717) is 29.2 Å². The second-order valence-electron chi connectivity index (χ2n) is 8.30. The van der Waals surface area contributed by atoms with Crippen molar-refractivity contribution < 1.29 is 8.42 Å². The number of aromatic nitrogens is 4. The fraction of sp³-hybridized carbons (Fsp3) is 0.261. The number of hydrogen-bond acceptors (Lipinski definition) is 6. The number of imidazole rings is 1. The molecule has 3 heterocycles. The summed E-state index contributed by atoms with van der Waals surface area (Å²) in [6, 6.07) is 12.8. The largest absolute Gasteiger partial charge is 0.366 e. The third-order valence-corrected chi connectivity index (χ3v) is 8.42. The van der Waals surface area contributed by atoms with Gasteiger partial charge in [-0.15, -0.1) is 0 Å². The van der Waals surface area contributed by atoms with Crippen molar-refractivity contribution in [2.75, 3.05) is 31.1 Å². The standard InChI is InChI=1S/C23H23ClN6O3S/c1-15-7-8-20(16(2)13-15)34(32,33)29-11-9-28(10-12-29)19-14-25-30(22(31)21(19)24)23-26-17-5-3-4-6-18(17)27-23/h3-8,13-14H,9-12H2,1-2H3,(H,26,27). The van der Waals surface area contributed by atoms with Crippen molar-refractivity contribution in [2.24, 2.45) is 0 Å². The molecule has 0 atom stereocenters. The summed E-state index contributed by atoms with van der Waals surface area (Å²) in [4.78, 5) is 22.6. The molecule has 0 spiro atoms. The molecule has 5 rings (SSSR count). The van der Waals surface area contributed by atoms with Crippen LogP contribution in [0.4, 0.5) is 5.69 Å². The van der Waals surface area contributed by atoms with Crippen molar-refractivity contribution in [3.63, 3.8) is 0 Å². The molecule has 0 saturated carbocycles. The molecule has 0 aliphatic carbocycles. The lowest BCUT2D eigenvalue weighted by atomic mass is 10.2. The van der Waals surface area contributed by atoms with Gasteiger partial charge in [-0.1, -0.05) is 41.4 Å². The highest BCUT2D eigenvalue weighted by atomic mass is 35.5. The molecule has 0 unspecified atom stereocenters. The van der Waals surface area contributed by atoms with Gasteiger partial charge in [0.15, 0.2) is 0 Å². The summed E-state index contributed by atoms with van der Waals surface area (Å²) in [6.45, 7) is 5.07. The van der Waals surface area contributed by atoms with E-state index < -0.39 is 15.6 Å². The predicted molar refractivity (Wildman–Crippen MR) is 131 cm³/mol. The van der Waals surface area contributed by atoms with Crippen molar-refractivity contribution in [3.05, 3.63) is 75.2 Å². The van der Waals surface area contributed by atoms with Crippen molar-refractivity contribution in [1.82, 2.24) is 24.1 Å². The zero-order chi connectivity index (χ0) is 24.0. The minimum Gasteiger partial charge on any atom is -0.366 e. The molecule has 11 heteroatoms. The van der Waals surface area contributed by atoms with Crippen LogP contribution in [0.3, 0.4) is 0 Å². The normalized spacial score (nSPS) is 15.2. The Balaban J connectivity index is 1.37. The molecule has 1 aliphatic heterocycles. The van der Waals surface area contributed by atoms with Gasteiger partial charge in [0.25, 0.3) is 5.56 Å². The maximum absolute atomic E-state index is 13.2. The van der Waals surface area contributed by atoms with Crippen molar-refractivity contribution >= 4 is 38.3 Å². The minimum absolute atomic E-state index is 0.0149. The molecule has 1 aliphatic rings. The zero-order valence-electron chi connectivity index (χ0n) is 18.7. The maximum atomic E-state index is 13.2. The topological polar surface area (TPSA) is 104 Å². The van der Waals surface area contributed by atoms with E-state index in [4.69, 9.17) is 11.6 Å². The molecule has 1 N–H and O–H groups in total. The van der Waals surface area contributed by atoms with Crippen LogP contribution in [0.1, 0.15) is 11.1 Å². The van der Waals surface area contributed by atoms with E-state index in [9.17, 15) is 13.2 Å². The number of nitrogens with zero attached hydrogens (tertiary/aromatic N) is 5. The molecular formula is C23H23ClN6O3S. The Morgan fingerprint density at radius 1 is 1.03 bits per heavy atom. The Bertz CT molecular complexity index is 1520. The molecule has 9 nitrogen and oxygen atoms in total. The van der Waals surface area contributed by atoms with Crippen molar-refractivity contribution in [1.29, 1.82) is 0 Å². The van der Waals surface area contributed by atoms with E-state index in [1.807, 2.05) is 42.2 Å². The molecule has 1 fully saturated rings. The Hall–Kier alpha value is -3.21. The average molecular weight is 499 g/mol. The molecule has 0 amide bonds. The maximum Gasteiger partial charge on any atom is 0.295 e. The van der Waals surface area contributed by atoms with E-state index >= 15 is 0 Å². The Morgan fingerprint density at radius 3 is 2.47 bits per heavy atom.